The molecule has 24 heavy (non-hydrogen) atoms. The fourth-order valence-corrected chi connectivity index (χ4v) is 3.66. The molecule has 0 atom stereocenters. The number of rotatable bonds is 4. The second-order valence-electron chi connectivity index (χ2n) is 5.99. The Balaban J connectivity index is 2.30. The van der Waals surface area contributed by atoms with Crippen LogP contribution in [0.2, 0.25) is 0 Å². The van der Waals surface area contributed by atoms with Gasteiger partial charge in [-0.2, -0.15) is 0 Å². The fraction of sp³-hybridized carbons (Fsp3) is 0.200. The van der Waals surface area contributed by atoms with E-state index < -0.39 is 34.5 Å². The number of ketones is 4. The van der Waals surface area contributed by atoms with Crippen LogP contribution >= 0.6 is 0 Å². The Morgan fingerprint density at radius 3 is 1.58 bits per heavy atom. The van der Waals surface area contributed by atoms with Crippen LogP contribution in [0.1, 0.15) is 40.1 Å². The third-order valence-electron chi connectivity index (χ3n) is 4.76. The zero-order valence-corrected chi connectivity index (χ0v) is 13.4. The second-order valence-corrected chi connectivity index (χ2v) is 5.99. The van der Waals surface area contributed by atoms with E-state index in [0.717, 1.165) is 0 Å². The minimum atomic E-state index is -1.78. The molecular weight excluding hydrogens is 304 g/mol. The second kappa shape index (κ2) is 5.64. The summed E-state index contributed by atoms with van der Waals surface area (Å²) in [6.45, 7) is 2.52. The molecule has 4 nitrogen and oxygen atoms in total. The van der Waals surface area contributed by atoms with Gasteiger partial charge in [-0.1, -0.05) is 54.6 Å². The topological polar surface area (TPSA) is 68.3 Å². The molecule has 0 heterocycles. The smallest absolute Gasteiger partial charge is 0.176 e. The first kappa shape index (κ1) is 16.0. The molecule has 2 aromatic carbocycles. The lowest BCUT2D eigenvalue weighted by Crippen LogP contribution is -2.52. The van der Waals surface area contributed by atoms with Gasteiger partial charge in [0.1, 0.15) is 22.9 Å². The summed E-state index contributed by atoms with van der Waals surface area (Å²) in [7, 11) is 0. The standard InChI is InChI=1S/C20H16O4/c1-12(21)20(13(2)22,14-8-4-3-5-9-14)17-18(23)15-10-6-7-11-16(15)19(17)24/h3-11,17H,1-2H3. The van der Waals surface area contributed by atoms with Crippen LogP contribution in [0.15, 0.2) is 54.6 Å². The molecule has 2 aromatic rings. The summed E-state index contributed by atoms with van der Waals surface area (Å²) in [4.78, 5) is 51.0. The molecule has 0 fully saturated rings. The van der Waals surface area contributed by atoms with Crippen molar-refractivity contribution in [2.24, 2.45) is 5.92 Å². The van der Waals surface area contributed by atoms with Crippen molar-refractivity contribution in [3.05, 3.63) is 71.3 Å². The zero-order chi connectivity index (χ0) is 17.5. The van der Waals surface area contributed by atoms with Crippen LogP contribution in [0.5, 0.6) is 0 Å². The highest BCUT2D eigenvalue weighted by atomic mass is 16.2. The van der Waals surface area contributed by atoms with Crippen molar-refractivity contribution in [3.8, 4) is 0 Å². The van der Waals surface area contributed by atoms with Crippen molar-refractivity contribution in [1.82, 2.24) is 0 Å². The Kier molecular flexibility index (Phi) is 3.76. The van der Waals surface area contributed by atoms with Gasteiger partial charge in [0.15, 0.2) is 11.6 Å². The minimum absolute atomic E-state index is 0.273. The fourth-order valence-electron chi connectivity index (χ4n) is 3.66. The molecule has 0 bridgehead atoms. The van der Waals surface area contributed by atoms with Crippen molar-refractivity contribution in [2.75, 3.05) is 0 Å². The number of hydrogen-bond donors (Lipinski definition) is 0. The van der Waals surface area contributed by atoms with Crippen LogP contribution in [0.25, 0.3) is 0 Å². The highest BCUT2D eigenvalue weighted by Crippen LogP contribution is 2.42. The Morgan fingerprint density at radius 1 is 0.750 bits per heavy atom. The number of benzene rings is 2. The van der Waals surface area contributed by atoms with Crippen LogP contribution < -0.4 is 0 Å². The van der Waals surface area contributed by atoms with E-state index >= 15 is 0 Å². The molecule has 0 amide bonds. The first-order chi connectivity index (χ1) is 11.4. The lowest BCUT2D eigenvalue weighted by Gasteiger charge is -2.33. The van der Waals surface area contributed by atoms with E-state index in [4.69, 9.17) is 0 Å². The molecule has 0 saturated carbocycles. The van der Waals surface area contributed by atoms with Gasteiger partial charge >= 0.3 is 0 Å². The maximum absolute atomic E-state index is 12.9. The minimum Gasteiger partial charge on any atom is -0.298 e. The Bertz CT molecular complexity index is 815. The quantitative estimate of drug-likeness (QED) is 0.812. The van der Waals surface area contributed by atoms with Crippen molar-refractivity contribution < 1.29 is 19.2 Å². The van der Waals surface area contributed by atoms with E-state index in [9.17, 15) is 19.2 Å². The Labute approximate surface area is 139 Å². The summed E-state index contributed by atoms with van der Waals surface area (Å²) < 4.78 is 0. The zero-order valence-electron chi connectivity index (χ0n) is 13.4. The van der Waals surface area contributed by atoms with Gasteiger partial charge in [-0.15, -0.1) is 0 Å². The summed E-state index contributed by atoms with van der Waals surface area (Å²) >= 11 is 0. The molecular formula is C20H16O4. The molecule has 3 rings (SSSR count). The number of Topliss-reactive ketones (excluding diaryl/α,β-unsaturated/α-hetero) is 4. The number of carbonyl (C=O) groups excluding carboxylic acids is 4. The van der Waals surface area contributed by atoms with E-state index in [1.165, 1.54) is 13.8 Å². The van der Waals surface area contributed by atoms with Crippen molar-refractivity contribution >= 4 is 23.1 Å². The lowest BCUT2D eigenvalue weighted by atomic mass is 9.63. The molecule has 0 aliphatic heterocycles. The van der Waals surface area contributed by atoms with Crippen LogP contribution in [-0.4, -0.2) is 23.1 Å². The normalized spacial score (nSPS) is 14.6. The molecule has 4 heteroatoms. The first-order valence-electron chi connectivity index (χ1n) is 7.67. The molecule has 0 unspecified atom stereocenters. The lowest BCUT2D eigenvalue weighted by molar-refractivity contribution is -0.134. The van der Waals surface area contributed by atoms with Gasteiger partial charge in [-0.25, -0.2) is 0 Å². The highest BCUT2D eigenvalue weighted by molar-refractivity contribution is 6.32. The van der Waals surface area contributed by atoms with Crippen molar-refractivity contribution in [3.63, 3.8) is 0 Å². The molecule has 120 valence electrons. The van der Waals surface area contributed by atoms with E-state index in [1.54, 1.807) is 54.6 Å². The highest BCUT2D eigenvalue weighted by Gasteiger charge is 2.58. The number of carbonyl (C=O) groups is 4. The van der Waals surface area contributed by atoms with Gasteiger partial charge in [0, 0.05) is 11.1 Å². The number of fused-ring (bicyclic) bond motifs is 1. The third-order valence-corrected chi connectivity index (χ3v) is 4.76. The maximum atomic E-state index is 12.9. The van der Waals surface area contributed by atoms with Gasteiger partial charge < -0.3 is 0 Å². The van der Waals surface area contributed by atoms with E-state index in [-0.39, 0.29) is 11.1 Å². The summed E-state index contributed by atoms with van der Waals surface area (Å²) in [5.74, 6) is -3.27. The van der Waals surface area contributed by atoms with E-state index in [1.807, 2.05) is 0 Å². The third kappa shape index (κ3) is 1.99. The SMILES string of the molecule is CC(=O)C(C(C)=O)(c1ccccc1)C1C(=O)c2ccccc2C1=O. The number of hydrogen-bond acceptors (Lipinski definition) is 4. The average molecular weight is 320 g/mol. The molecule has 0 radical (unpaired) electrons. The Hall–Kier alpha value is -2.88. The molecule has 0 saturated heterocycles. The van der Waals surface area contributed by atoms with E-state index in [2.05, 4.69) is 0 Å². The summed E-state index contributed by atoms with van der Waals surface area (Å²) in [6.07, 6.45) is 0. The largest absolute Gasteiger partial charge is 0.298 e. The molecule has 0 spiro atoms. The van der Waals surface area contributed by atoms with E-state index in [0.29, 0.717) is 5.56 Å². The first-order valence-corrected chi connectivity index (χ1v) is 7.67. The van der Waals surface area contributed by atoms with Gasteiger partial charge in [0.2, 0.25) is 0 Å². The van der Waals surface area contributed by atoms with Gasteiger partial charge in [-0.05, 0) is 19.4 Å². The predicted octanol–water partition coefficient (Wildman–Crippen LogP) is 2.80. The van der Waals surface area contributed by atoms with Gasteiger partial charge in [0.25, 0.3) is 0 Å². The molecule has 1 aliphatic carbocycles. The average Bonchev–Trinajstić information content (AvgIpc) is 2.82. The van der Waals surface area contributed by atoms with Gasteiger partial charge in [-0.3, -0.25) is 19.2 Å². The van der Waals surface area contributed by atoms with Gasteiger partial charge in [0.05, 0.1) is 0 Å². The monoisotopic (exact) mass is 320 g/mol. The van der Waals surface area contributed by atoms with Crippen molar-refractivity contribution in [1.29, 1.82) is 0 Å². The predicted molar refractivity (Wildman–Crippen MR) is 88.1 cm³/mol. The van der Waals surface area contributed by atoms with Crippen molar-refractivity contribution in [2.45, 2.75) is 19.3 Å². The van der Waals surface area contributed by atoms with Crippen LogP contribution in [0, 0.1) is 5.92 Å². The Morgan fingerprint density at radius 2 is 1.17 bits per heavy atom. The maximum Gasteiger partial charge on any atom is 0.176 e. The summed E-state index contributed by atoms with van der Waals surface area (Å²) in [6, 6.07) is 14.8. The summed E-state index contributed by atoms with van der Waals surface area (Å²) in [5, 5.41) is 0. The van der Waals surface area contributed by atoms with Crippen LogP contribution in [0.4, 0.5) is 0 Å². The molecule has 1 aliphatic rings. The van der Waals surface area contributed by atoms with Crippen LogP contribution in [-0.2, 0) is 15.0 Å². The molecule has 0 aromatic heterocycles. The van der Waals surface area contributed by atoms with Crippen LogP contribution in [0.3, 0.4) is 0 Å². The molecule has 0 N–H and O–H groups in total. The summed E-state index contributed by atoms with van der Waals surface area (Å²) in [5.41, 5.74) is -0.857.